The zero-order valence-corrected chi connectivity index (χ0v) is 15.0. The number of aliphatic hydroxyl groups excluding tert-OH is 1. The minimum atomic E-state index is -1.41. The zero-order chi connectivity index (χ0) is 18.6. The summed E-state index contributed by atoms with van der Waals surface area (Å²) in [6.45, 7) is 4.90. The van der Waals surface area contributed by atoms with Crippen LogP contribution in [0.25, 0.3) is 0 Å². The molecule has 0 amide bonds. The van der Waals surface area contributed by atoms with Crippen LogP contribution >= 0.6 is 0 Å². The lowest BCUT2D eigenvalue weighted by molar-refractivity contribution is -0.156. The molecule has 5 heteroatoms. The fraction of sp³-hybridized carbons (Fsp3) is 0.600. The van der Waals surface area contributed by atoms with Crippen molar-refractivity contribution in [3.63, 3.8) is 0 Å². The number of hydrogen-bond acceptors (Lipinski definition) is 4. The Balaban J connectivity index is 2.15. The minimum absolute atomic E-state index is 0.0811. The maximum Gasteiger partial charge on any atom is 0.309 e. The van der Waals surface area contributed by atoms with Crippen molar-refractivity contribution >= 4 is 11.8 Å². The molecule has 5 nitrogen and oxygen atoms in total. The molecule has 4 atom stereocenters. The van der Waals surface area contributed by atoms with E-state index in [1.54, 1.807) is 19.1 Å². The van der Waals surface area contributed by atoms with Gasteiger partial charge in [-0.05, 0) is 55.2 Å². The molecule has 3 N–H and O–H groups in total. The van der Waals surface area contributed by atoms with Gasteiger partial charge >= 0.3 is 5.97 Å². The number of Topliss-reactive ketones (excluding diaryl/α,β-unsaturated/α-hetero) is 1. The van der Waals surface area contributed by atoms with Crippen molar-refractivity contribution in [1.29, 1.82) is 0 Å². The Labute approximate surface area is 147 Å². The van der Waals surface area contributed by atoms with Gasteiger partial charge in [0.25, 0.3) is 0 Å². The molecule has 0 heterocycles. The van der Waals surface area contributed by atoms with E-state index in [9.17, 15) is 24.9 Å². The number of aliphatic hydroxyl groups is 2. The Morgan fingerprint density at radius 1 is 1.32 bits per heavy atom. The van der Waals surface area contributed by atoms with Crippen LogP contribution in [0.15, 0.2) is 18.2 Å². The predicted octanol–water partition coefficient (Wildman–Crippen LogP) is 2.62. The molecule has 1 aromatic carbocycles. The van der Waals surface area contributed by atoms with Crippen LogP contribution in [0, 0.1) is 11.3 Å². The predicted molar refractivity (Wildman–Crippen MR) is 92.5 cm³/mol. The third-order valence-corrected chi connectivity index (χ3v) is 6.67. The molecule has 3 rings (SSSR count). The van der Waals surface area contributed by atoms with Crippen molar-refractivity contribution in [3.8, 4) is 0 Å². The number of carbonyl (C=O) groups excluding carboxylic acids is 1. The van der Waals surface area contributed by atoms with Gasteiger partial charge in [-0.1, -0.05) is 25.5 Å². The Kier molecular flexibility index (Phi) is 4.08. The number of benzene rings is 1. The number of rotatable bonds is 3. The van der Waals surface area contributed by atoms with Gasteiger partial charge in [0.05, 0.1) is 12.0 Å². The summed E-state index contributed by atoms with van der Waals surface area (Å²) < 4.78 is 0. The number of carboxylic acid groups (broad SMARTS) is 1. The fourth-order valence-electron chi connectivity index (χ4n) is 4.90. The molecule has 0 saturated heterocycles. The average molecular weight is 346 g/mol. The van der Waals surface area contributed by atoms with Gasteiger partial charge in [-0.3, -0.25) is 9.59 Å². The van der Waals surface area contributed by atoms with Gasteiger partial charge in [-0.2, -0.15) is 0 Å². The number of aliphatic carboxylic acids is 1. The smallest absolute Gasteiger partial charge is 0.309 e. The molecule has 0 bridgehead atoms. The van der Waals surface area contributed by atoms with E-state index in [1.165, 1.54) is 6.92 Å². The van der Waals surface area contributed by atoms with E-state index in [-0.39, 0.29) is 23.5 Å². The van der Waals surface area contributed by atoms with Crippen LogP contribution in [0.5, 0.6) is 0 Å². The summed E-state index contributed by atoms with van der Waals surface area (Å²) in [7, 11) is 0. The highest BCUT2D eigenvalue weighted by Crippen LogP contribution is 2.57. The Morgan fingerprint density at radius 3 is 2.60 bits per heavy atom. The van der Waals surface area contributed by atoms with Crippen molar-refractivity contribution in [3.05, 3.63) is 34.9 Å². The third kappa shape index (κ3) is 2.52. The van der Waals surface area contributed by atoms with E-state index in [4.69, 9.17) is 0 Å². The van der Waals surface area contributed by atoms with Crippen LogP contribution in [0.2, 0.25) is 0 Å². The lowest BCUT2D eigenvalue weighted by Gasteiger charge is -2.53. The van der Waals surface area contributed by atoms with Crippen LogP contribution in [-0.2, 0) is 15.8 Å². The minimum Gasteiger partial charge on any atom is -0.481 e. The maximum atomic E-state index is 12.8. The molecule has 0 radical (unpaired) electrons. The second-order valence-electron chi connectivity index (χ2n) is 8.37. The summed E-state index contributed by atoms with van der Waals surface area (Å²) in [6, 6.07) is 5.25. The van der Waals surface area contributed by atoms with E-state index in [2.05, 4.69) is 6.92 Å². The van der Waals surface area contributed by atoms with E-state index in [1.807, 2.05) is 6.07 Å². The first-order valence-corrected chi connectivity index (χ1v) is 8.81. The third-order valence-electron chi connectivity index (χ3n) is 6.67. The fourth-order valence-corrected chi connectivity index (χ4v) is 4.90. The van der Waals surface area contributed by atoms with Gasteiger partial charge < -0.3 is 15.3 Å². The Morgan fingerprint density at radius 2 is 2.00 bits per heavy atom. The van der Waals surface area contributed by atoms with Crippen molar-refractivity contribution in [2.45, 2.75) is 57.5 Å². The molecule has 0 unspecified atom stereocenters. The van der Waals surface area contributed by atoms with Crippen LogP contribution in [0.4, 0.5) is 0 Å². The van der Waals surface area contributed by atoms with E-state index >= 15 is 0 Å². The van der Waals surface area contributed by atoms with Gasteiger partial charge in [-0.15, -0.1) is 0 Å². The molecule has 25 heavy (non-hydrogen) atoms. The molecule has 1 saturated carbocycles. The van der Waals surface area contributed by atoms with Gasteiger partial charge in [-0.25, -0.2) is 0 Å². The summed E-state index contributed by atoms with van der Waals surface area (Å²) >= 11 is 0. The monoisotopic (exact) mass is 346 g/mol. The van der Waals surface area contributed by atoms with Crippen LogP contribution in [0.3, 0.4) is 0 Å². The molecule has 0 aromatic heterocycles. The summed E-state index contributed by atoms with van der Waals surface area (Å²) in [6.07, 6.45) is 2.44. The molecular weight excluding hydrogens is 320 g/mol. The first-order valence-electron chi connectivity index (χ1n) is 8.81. The molecule has 0 spiro atoms. The van der Waals surface area contributed by atoms with Gasteiger partial charge in [0, 0.05) is 12.0 Å². The number of ketones is 1. The zero-order valence-electron chi connectivity index (χ0n) is 15.0. The van der Waals surface area contributed by atoms with Crippen LogP contribution < -0.4 is 0 Å². The summed E-state index contributed by atoms with van der Waals surface area (Å²) in [5.74, 6) is -1.16. The molecule has 2 aliphatic rings. The Hall–Kier alpha value is -1.72. The number of carboxylic acids is 1. The van der Waals surface area contributed by atoms with E-state index in [0.29, 0.717) is 17.5 Å². The van der Waals surface area contributed by atoms with Crippen LogP contribution in [0.1, 0.15) is 67.9 Å². The normalized spacial score (nSPS) is 34.0. The van der Waals surface area contributed by atoms with Gasteiger partial charge in [0.15, 0.2) is 5.78 Å². The van der Waals surface area contributed by atoms with Crippen molar-refractivity contribution in [2.24, 2.45) is 11.3 Å². The largest absolute Gasteiger partial charge is 0.481 e. The van der Waals surface area contributed by atoms with Crippen molar-refractivity contribution < 1.29 is 24.9 Å². The molecule has 136 valence electrons. The summed E-state index contributed by atoms with van der Waals surface area (Å²) in [5, 5.41) is 29.5. The van der Waals surface area contributed by atoms with E-state index in [0.717, 1.165) is 18.4 Å². The Bertz CT molecular complexity index is 738. The molecule has 1 fully saturated rings. The number of hydrogen-bond donors (Lipinski definition) is 3. The highest BCUT2D eigenvalue weighted by molar-refractivity contribution is 6.00. The topological polar surface area (TPSA) is 94.8 Å². The van der Waals surface area contributed by atoms with E-state index < -0.39 is 23.6 Å². The summed E-state index contributed by atoms with van der Waals surface area (Å²) in [5.41, 5.74) is -0.762. The highest BCUT2D eigenvalue weighted by Gasteiger charge is 2.56. The SMILES string of the molecule is C[C@](O)(CO)c1ccc2c(c1)C(=O)C[C@H]1[C@@](C)(C(=O)O)CCC[C@]21C. The maximum absolute atomic E-state index is 12.8. The van der Waals surface area contributed by atoms with Crippen molar-refractivity contribution in [1.82, 2.24) is 0 Å². The van der Waals surface area contributed by atoms with Crippen molar-refractivity contribution in [2.75, 3.05) is 6.61 Å². The second-order valence-corrected chi connectivity index (χ2v) is 8.37. The molecule has 2 aliphatic carbocycles. The average Bonchev–Trinajstić information content (AvgIpc) is 2.56. The molecule has 0 aliphatic heterocycles. The molecule has 1 aromatic rings. The summed E-state index contributed by atoms with van der Waals surface area (Å²) in [4.78, 5) is 24.8. The number of fused-ring (bicyclic) bond motifs is 3. The van der Waals surface area contributed by atoms with Gasteiger partial charge in [0.2, 0.25) is 0 Å². The first-order chi connectivity index (χ1) is 11.6. The van der Waals surface area contributed by atoms with Crippen LogP contribution in [-0.4, -0.2) is 33.7 Å². The standard InChI is InChI=1S/C20H26O5/c1-18-7-4-8-19(2,17(23)24)16(18)10-15(22)13-9-12(5-6-14(13)18)20(3,25)11-21/h5-6,9,16,21,25H,4,7-8,10-11H2,1-3H3,(H,23,24)/t16-,18-,19+,20+/m1/s1. The lowest BCUT2D eigenvalue weighted by atomic mass is 9.49. The number of carbonyl (C=O) groups is 2. The van der Waals surface area contributed by atoms with Gasteiger partial charge in [0.1, 0.15) is 5.60 Å². The lowest BCUT2D eigenvalue weighted by Crippen LogP contribution is -2.53. The molecular formula is C20H26O5. The second kappa shape index (κ2) is 5.64. The quantitative estimate of drug-likeness (QED) is 0.782. The highest BCUT2D eigenvalue weighted by atomic mass is 16.4. The first kappa shape index (κ1) is 18.1.